The number of piperazine rings is 1. The molecule has 0 radical (unpaired) electrons. The van der Waals surface area contributed by atoms with Crippen molar-refractivity contribution in [1.82, 2.24) is 4.90 Å². The molecule has 1 saturated heterocycles. The van der Waals surface area contributed by atoms with Gasteiger partial charge in [-0.25, -0.2) is 0 Å². The molecule has 0 spiro atoms. The monoisotopic (exact) mass is 441 g/mol. The number of carbonyl (C=O) groups is 4. The second-order valence-electron chi connectivity index (χ2n) is 7.80. The van der Waals surface area contributed by atoms with E-state index in [-0.39, 0.29) is 11.7 Å². The lowest BCUT2D eigenvalue weighted by Gasteiger charge is -2.33. The van der Waals surface area contributed by atoms with Crippen molar-refractivity contribution in [3.8, 4) is 0 Å². The predicted molar refractivity (Wildman–Crippen MR) is 125 cm³/mol. The molecule has 1 fully saturated rings. The number of nitrogens with zero attached hydrogens (tertiary/aromatic N) is 2. The molecule has 3 aromatic carbocycles. The highest BCUT2D eigenvalue weighted by molar-refractivity contribution is 6.40. The standard InChI is InChI=1S/C26H23N3O4/c1-18(30)20-11-13-22(14-12-20)27-24(31)21-9-7-19(8-10-21)17-28-15-16-29(26(33)25(28)32)23-5-3-2-4-6-23/h2-14H,15-17H2,1H3,(H,27,31). The summed E-state index contributed by atoms with van der Waals surface area (Å²) in [5.74, 6) is -1.40. The van der Waals surface area contributed by atoms with E-state index < -0.39 is 11.8 Å². The highest BCUT2D eigenvalue weighted by atomic mass is 16.2. The molecule has 0 saturated carbocycles. The number of rotatable bonds is 6. The van der Waals surface area contributed by atoms with Crippen LogP contribution in [0.15, 0.2) is 78.9 Å². The fourth-order valence-corrected chi connectivity index (χ4v) is 3.65. The maximum Gasteiger partial charge on any atom is 0.316 e. The summed E-state index contributed by atoms with van der Waals surface area (Å²) >= 11 is 0. The van der Waals surface area contributed by atoms with Crippen molar-refractivity contribution in [1.29, 1.82) is 0 Å². The molecule has 166 valence electrons. The Morgan fingerprint density at radius 2 is 1.42 bits per heavy atom. The molecule has 1 heterocycles. The van der Waals surface area contributed by atoms with Crippen molar-refractivity contribution in [2.24, 2.45) is 0 Å². The number of hydrogen-bond donors (Lipinski definition) is 1. The van der Waals surface area contributed by atoms with Gasteiger partial charge in [-0.2, -0.15) is 0 Å². The smallest absolute Gasteiger partial charge is 0.316 e. The normalized spacial score (nSPS) is 13.7. The number of amides is 3. The van der Waals surface area contributed by atoms with Gasteiger partial charge in [0.2, 0.25) is 0 Å². The zero-order valence-corrected chi connectivity index (χ0v) is 18.2. The van der Waals surface area contributed by atoms with Gasteiger partial charge in [-0.05, 0) is 61.0 Å². The minimum atomic E-state index is -0.542. The molecule has 33 heavy (non-hydrogen) atoms. The van der Waals surface area contributed by atoms with Gasteiger partial charge in [-0.15, -0.1) is 0 Å². The van der Waals surface area contributed by atoms with Gasteiger partial charge < -0.3 is 15.1 Å². The van der Waals surface area contributed by atoms with E-state index in [1.165, 1.54) is 16.7 Å². The van der Waals surface area contributed by atoms with Crippen LogP contribution in [0, 0.1) is 0 Å². The molecule has 1 aliphatic rings. The van der Waals surface area contributed by atoms with Crippen molar-refractivity contribution in [3.05, 3.63) is 95.6 Å². The van der Waals surface area contributed by atoms with Gasteiger partial charge >= 0.3 is 11.8 Å². The van der Waals surface area contributed by atoms with Crippen LogP contribution >= 0.6 is 0 Å². The van der Waals surface area contributed by atoms with Crippen LogP contribution in [0.4, 0.5) is 11.4 Å². The first kappa shape index (κ1) is 22.0. The molecule has 3 amide bonds. The lowest BCUT2D eigenvalue weighted by atomic mass is 10.1. The topological polar surface area (TPSA) is 86.8 Å². The highest BCUT2D eigenvalue weighted by Crippen LogP contribution is 2.19. The SMILES string of the molecule is CC(=O)c1ccc(NC(=O)c2ccc(CN3CCN(c4ccccc4)C(=O)C3=O)cc2)cc1. The summed E-state index contributed by atoms with van der Waals surface area (Å²) in [7, 11) is 0. The van der Waals surface area contributed by atoms with E-state index in [9.17, 15) is 19.2 Å². The number of Topliss-reactive ketones (excluding diaryl/α,β-unsaturated/α-hetero) is 1. The van der Waals surface area contributed by atoms with Crippen LogP contribution in [-0.2, 0) is 16.1 Å². The number of carbonyl (C=O) groups excluding carboxylic acids is 4. The van der Waals surface area contributed by atoms with Gasteiger partial charge in [0.1, 0.15) is 0 Å². The molecular formula is C26H23N3O4. The van der Waals surface area contributed by atoms with Crippen LogP contribution in [0.25, 0.3) is 0 Å². The van der Waals surface area contributed by atoms with Crippen LogP contribution in [0.1, 0.15) is 33.2 Å². The average molecular weight is 441 g/mol. The van der Waals surface area contributed by atoms with Crippen molar-refractivity contribution >= 4 is 34.9 Å². The van der Waals surface area contributed by atoms with E-state index in [0.717, 1.165) is 5.56 Å². The molecule has 7 heteroatoms. The van der Waals surface area contributed by atoms with E-state index in [4.69, 9.17) is 0 Å². The Kier molecular flexibility index (Phi) is 6.31. The Hall–Kier alpha value is -4.26. The summed E-state index contributed by atoms with van der Waals surface area (Å²) in [5, 5.41) is 2.79. The van der Waals surface area contributed by atoms with Crippen molar-refractivity contribution in [2.45, 2.75) is 13.5 Å². The Balaban J connectivity index is 1.36. The Bertz CT molecular complexity index is 1190. The molecule has 0 unspecified atom stereocenters. The summed E-state index contributed by atoms with van der Waals surface area (Å²) in [6, 6.07) is 22.7. The molecule has 7 nitrogen and oxygen atoms in total. The summed E-state index contributed by atoms with van der Waals surface area (Å²) in [6.07, 6.45) is 0. The van der Waals surface area contributed by atoms with Gasteiger partial charge in [-0.1, -0.05) is 30.3 Å². The molecule has 1 N–H and O–H groups in total. The molecule has 0 aromatic heterocycles. The number of anilines is 2. The second kappa shape index (κ2) is 9.48. The third kappa shape index (κ3) is 4.98. The first-order valence-corrected chi connectivity index (χ1v) is 10.6. The average Bonchev–Trinajstić information content (AvgIpc) is 2.83. The Morgan fingerprint density at radius 3 is 2.06 bits per heavy atom. The second-order valence-corrected chi connectivity index (χ2v) is 7.80. The Labute approximate surface area is 191 Å². The van der Waals surface area contributed by atoms with Crippen LogP contribution in [-0.4, -0.2) is 41.5 Å². The maximum absolute atomic E-state index is 12.6. The number of benzene rings is 3. The quantitative estimate of drug-likeness (QED) is 0.468. The first-order valence-electron chi connectivity index (χ1n) is 10.6. The van der Waals surface area contributed by atoms with Crippen molar-refractivity contribution in [2.75, 3.05) is 23.3 Å². The Morgan fingerprint density at radius 1 is 0.788 bits per heavy atom. The van der Waals surface area contributed by atoms with Gasteiger partial charge in [0.05, 0.1) is 0 Å². The third-order valence-corrected chi connectivity index (χ3v) is 5.52. The van der Waals surface area contributed by atoms with Gasteiger partial charge in [-0.3, -0.25) is 19.2 Å². The minimum Gasteiger partial charge on any atom is -0.328 e. The number of para-hydroxylation sites is 1. The van der Waals surface area contributed by atoms with E-state index in [2.05, 4.69) is 5.32 Å². The fraction of sp³-hybridized carbons (Fsp3) is 0.154. The molecular weight excluding hydrogens is 418 g/mol. The summed E-state index contributed by atoms with van der Waals surface area (Å²) in [4.78, 5) is 52.1. The summed E-state index contributed by atoms with van der Waals surface area (Å²) in [6.45, 7) is 2.64. The van der Waals surface area contributed by atoms with Crippen LogP contribution in [0.3, 0.4) is 0 Å². The van der Waals surface area contributed by atoms with Crippen LogP contribution in [0.2, 0.25) is 0 Å². The first-order chi connectivity index (χ1) is 15.9. The number of ketones is 1. The molecule has 3 aromatic rings. The highest BCUT2D eigenvalue weighted by Gasteiger charge is 2.33. The van der Waals surface area contributed by atoms with Crippen molar-refractivity contribution < 1.29 is 19.2 Å². The predicted octanol–water partition coefficient (Wildman–Crippen LogP) is 3.52. The van der Waals surface area contributed by atoms with Gasteiger partial charge in [0.15, 0.2) is 5.78 Å². The van der Waals surface area contributed by atoms with Gasteiger partial charge in [0, 0.05) is 42.1 Å². The zero-order chi connectivity index (χ0) is 23.4. The minimum absolute atomic E-state index is 0.0369. The van der Waals surface area contributed by atoms with Crippen LogP contribution < -0.4 is 10.2 Å². The van der Waals surface area contributed by atoms with Gasteiger partial charge in [0.25, 0.3) is 5.91 Å². The van der Waals surface area contributed by atoms with Crippen molar-refractivity contribution in [3.63, 3.8) is 0 Å². The van der Waals surface area contributed by atoms with E-state index >= 15 is 0 Å². The number of hydrogen-bond acceptors (Lipinski definition) is 4. The molecule has 0 aliphatic carbocycles. The summed E-state index contributed by atoms with van der Waals surface area (Å²) < 4.78 is 0. The van der Waals surface area contributed by atoms with E-state index in [1.54, 1.807) is 48.5 Å². The van der Waals surface area contributed by atoms with E-state index in [0.29, 0.717) is 42.1 Å². The molecule has 0 bridgehead atoms. The summed E-state index contributed by atoms with van der Waals surface area (Å²) in [5.41, 5.74) is 3.17. The number of nitrogens with one attached hydrogen (secondary N) is 1. The zero-order valence-electron chi connectivity index (χ0n) is 18.2. The molecule has 0 atom stereocenters. The lowest BCUT2D eigenvalue weighted by Crippen LogP contribution is -2.54. The molecule has 4 rings (SSSR count). The largest absolute Gasteiger partial charge is 0.328 e. The van der Waals surface area contributed by atoms with E-state index in [1.807, 2.05) is 30.3 Å². The third-order valence-electron chi connectivity index (χ3n) is 5.52. The molecule has 1 aliphatic heterocycles. The lowest BCUT2D eigenvalue weighted by molar-refractivity contribution is -0.146. The van der Waals surface area contributed by atoms with Crippen LogP contribution in [0.5, 0.6) is 0 Å². The maximum atomic E-state index is 12.6. The fourth-order valence-electron chi connectivity index (χ4n) is 3.65.